The molecule has 2 aromatic carbocycles. The standard InChI is InChI=1S/C21H23NO5/c1-14(23)19-7-4-16(21(22)24)12-20(19)27-18-5-2-15(3-6-18)13-26-17-8-10-25-11-9-17/h2-7,12,17H,8-11,13H2,1H3,(H2,22,24). The van der Waals surface area contributed by atoms with Gasteiger partial charge in [-0.25, -0.2) is 0 Å². The summed E-state index contributed by atoms with van der Waals surface area (Å²) in [5, 5.41) is 0. The summed E-state index contributed by atoms with van der Waals surface area (Å²) in [6.07, 6.45) is 2.08. The average molecular weight is 369 g/mol. The summed E-state index contributed by atoms with van der Waals surface area (Å²) in [4.78, 5) is 23.2. The molecule has 142 valence electrons. The quantitative estimate of drug-likeness (QED) is 0.755. The Labute approximate surface area is 158 Å². The van der Waals surface area contributed by atoms with Gasteiger partial charge in [-0.15, -0.1) is 0 Å². The van der Waals surface area contributed by atoms with Crippen LogP contribution in [0.1, 0.15) is 46.0 Å². The van der Waals surface area contributed by atoms with E-state index >= 15 is 0 Å². The molecule has 3 rings (SSSR count). The van der Waals surface area contributed by atoms with E-state index in [9.17, 15) is 9.59 Å². The molecule has 2 aromatic rings. The molecule has 27 heavy (non-hydrogen) atoms. The van der Waals surface area contributed by atoms with E-state index in [0.29, 0.717) is 23.7 Å². The molecule has 0 radical (unpaired) electrons. The highest BCUT2D eigenvalue weighted by Gasteiger charge is 2.15. The van der Waals surface area contributed by atoms with Crippen molar-refractivity contribution in [2.45, 2.75) is 32.5 Å². The molecular formula is C21H23NO5. The van der Waals surface area contributed by atoms with Crippen LogP contribution in [0.25, 0.3) is 0 Å². The summed E-state index contributed by atoms with van der Waals surface area (Å²) in [5.41, 5.74) is 7.03. The molecule has 1 heterocycles. The largest absolute Gasteiger partial charge is 0.457 e. The van der Waals surface area contributed by atoms with Gasteiger partial charge in [0, 0.05) is 18.8 Å². The van der Waals surface area contributed by atoms with Crippen LogP contribution in [0.3, 0.4) is 0 Å². The number of carbonyl (C=O) groups is 2. The van der Waals surface area contributed by atoms with Gasteiger partial charge in [0.1, 0.15) is 11.5 Å². The van der Waals surface area contributed by atoms with E-state index in [1.807, 2.05) is 24.3 Å². The fraction of sp³-hybridized carbons (Fsp3) is 0.333. The lowest BCUT2D eigenvalue weighted by molar-refractivity contribution is -0.0390. The second-order valence-corrected chi connectivity index (χ2v) is 6.50. The molecule has 1 saturated heterocycles. The number of hydrogen-bond acceptors (Lipinski definition) is 5. The molecule has 6 nitrogen and oxygen atoms in total. The minimum absolute atomic E-state index is 0.150. The fourth-order valence-electron chi connectivity index (χ4n) is 2.89. The molecule has 0 unspecified atom stereocenters. The van der Waals surface area contributed by atoms with Gasteiger partial charge < -0.3 is 19.9 Å². The number of rotatable bonds is 7. The Morgan fingerprint density at radius 3 is 2.44 bits per heavy atom. The Morgan fingerprint density at radius 1 is 1.11 bits per heavy atom. The smallest absolute Gasteiger partial charge is 0.248 e. The summed E-state index contributed by atoms with van der Waals surface area (Å²) in [6, 6.07) is 12.0. The first-order valence-electron chi connectivity index (χ1n) is 8.94. The molecule has 1 amide bonds. The first kappa shape index (κ1) is 19.1. The lowest BCUT2D eigenvalue weighted by Crippen LogP contribution is -2.23. The number of amides is 1. The van der Waals surface area contributed by atoms with Gasteiger partial charge in [0.25, 0.3) is 0 Å². The molecule has 0 bridgehead atoms. The highest BCUT2D eigenvalue weighted by atomic mass is 16.5. The lowest BCUT2D eigenvalue weighted by atomic mass is 10.1. The maximum Gasteiger partial charge on any atom is 0.248 e. The van der Waals surface area contributed by atoms with Gasteiger partial charge in [-0.1, -0.05) is 12.1 Å². The monoisotopic (exact) mass is 369 g/mol. The van der Waals surface area contributed by atoms with E-state index in [2.05, 4.69) is 0 Å². The van der Waals surface area contributed by atoms with Crippen LogP contribution in [0, 0.1) is 0 Å². The van der Waals surface area contributed by atoms with Crippen molar-refractivity contribution in [3.8, 4) is 11.5 Å². The summed E-state index contributed by atoms with van der Waals surface area (Å²) in [6.45, 7) is 3.48. The van der Waals surface area contributed by atoms with Crippen molar-refractivity contribution in [1.29, 1.82) is 0 Å². The second kappa shape index (κ2) is 8.79. The highest BCUT2D eigenvalue weighted by Crippen LogP contribution is 2.27. The summed E-state index contributed by atoms with van der Waals surface area (Å²) >= 11 is 0. The van der Waals surface area contributed by atoms with Crippen LogP contribution >= 0.6 is 0 Å². The molecule has 1 aliphatic heterocycles. The SMILES string of the molecule is CC(=O)c1ccc(C(N)=O)cc1Oc1ccc(COC2CCOCC2)cc1. The van der Waals surface area contributed by atoms with Crippen molar-refractivity contribution in [1.82, 2.24) is 0 Å². The van der Waals surface area contributed by atoms with Crippen molar-refractivity contribution in [2.24, 2.45) is 5.73 Å². The summed E-state index contributed by atoms with van der Waals surface area (Å²) in [5.74, 6) is 0.150. The lowest BCUT2D eigenvalue weighted by Gasteiger charge is -2.22. The zero-order valence-electron chi connectivity index (χ0n) is 15.3. The first-order valence-corrected chi connectivity index (χ1v) is 8.94. The number of carbonyl (C=O) groups excluding carboxylic acids is 2. The molecule has 0 aliphatic carbocycles. The Kier molecular flexibility index (Phi) is 6.21. The number of ether oxygens (including phenoxy) is 3. The third kappa shape index (κ3) is 5.15. The molecule has 2 N–H and O–H groups in total. The Morgan fingerprint density at radius 2 is 1.81 bits per heavy atom. The number of Topliss-reactive ketones (excluding diaryl/α,β-unsaturated/α-hetero) is 1. The van der Waals surface area contributed by atoms with Crippen LogP contribution in [0.15, 0.2) is 42.5 Å². The van der Waals surface area contributed by atoms with Crippen molar-refractivity contribution in [3.05, 3.63) is 59.2 Å². The van der Waals surface area contributed by atoms with E-state index in [1.165, 1.54) is 19.1 Å². The van der Waals surface area contributed by atoms with Gasteiger partial charge in [0.05, 0.1) is 18.3 Å². The van der Waals surface area contributed by atoms with Gasteiger partial charge in [-0.3, -0.25) is 9.59 Å². The van der Waals surface area contributed by atoms with Gasteiger partial charge >= 0.3 is 0 Å². The number of nitrogens with two attached hydrogens (primary N) is 1. The molecule has 0 atom stereocenters. The number of primary amides is 1. The van der Waals surface area contributed by atoms with Crippen LogP contribution in [-0.4, -0.2) is 31.0 Å². The van der Waals surface area contributed by atoms with Gasteiger partial charge in [0.2, 0.25) is 5.91 Å². The maximum absolute atomic E-state index is 11.8. The van der Waals surface area contributed by atoms with E-state index in [0.717, 1.165) is 31.6 Å². The predicted octanol–water partition coefficient (Wildman–Crippen LogP) is 3.48. The van der Waals surface area contributed by atoms with Crippen LogP contribution in [0.4, 0.5) is 0 Å². The molecule has 0 saturated carbocycles. The normalized spacial score (nSPS) is 14.7. The molecular weight excluding hydrogens is 346 g/mol. The Balaban J connectivity index is 1.67. The van der Waals surface area contributed by atoms with Crippen molar-refractivity contribution >= 4 is 11.7 Å². The zero-order chi connectivity index (χ0) is 19.2. The van der Waals surface area contributed by atoms with E-state index in [1.54, 1.807) is 6.07 Å². The first-order chi connectivity index (χ1) is 13.0. The molecule has 1 fully saturated rings. The zero-order valence-corrected chi connectivity index (χ0v) is 15.3. The van der Waals surface area contributed by atoms with E-state index < -0.39 is 5.91 Å². The third-order valence-corrected chi connectivity index (χ3v) is 4.45. The van der Waals surface area contributed by atoms with Gasteiger partial charge in [0.15, 0.2) is 5.78 Å². The molecule has 1 aliphatic rings. The highest BCUT2D eigenvalue weighted by molar-refractivity contribution is 5.99. The minimum Gasteiger partial charge on any atom is -0.457 e. The van der Waals surface area contributed by atoms with Crippen LogP contribution < -0.4 is 10.5 Å². The topological polar surface area (TPSA) is 87.9 Å². The second-order valence-electron chi connectivity index (χ2n) is 6.50. The summed E-state index contributed by atoms with van der Waals surface area (Å²) in [7, 11) is 0. The third-order valence-electron chi connectivity index (χ3n) is 4.45. The van der Waals surface area contributed by atoms with E-state index in [4.69, 9.17) is 19.9 Å². The molecule has 6 heteroatoms. The predicted molar refractivity (Wildman–Crippen MR) is 100 cm³/mol. The summed E-state index contributed by atoms with van der Waals surface area (Å²) < 4.78 is 17.1. The van der Waals surface area contributed by atoms with E-state index in [-0.39, 0.29) is 17.5 Å². The minimum atomic E-state index is -0.574. The average Bonchev–Trinajstić information content (AvgIpc) is 2.68. The Hall–Kier alpha value is -2.70. The fourth-order valence-corrected chi connectivity index (χ4v) is 2.89. The number of ketones is 1. The van der Waals surface area contributed by atoms with Gasteiger partial charge in [-0.05, 0) is 55.7 Å². The molecule has 0 aromatic heterocycles. The molecule has 0 spiro atoms. The van der Waals surface area contributed by atoms with Crippen LogP contribution in [0.5, 0.6) is 11.5 Å². The van der Waals surface area contributed by atoms with Gasteiger partial charge in [-0.2, -0.15) is 0 Å². The van der Waals surface area contributed by atoms with Crippen molar-refractivity contribution in [3.63, 3.8) is 0 Å². The van der Waals surface area contributed by atoms with Crippen LogP contribution in [0.2, 0.25) is 0 Å². The van der Waals surface area contributed by atoms with Crippen molar-refractivity contribution < 1.29 is 23.8 Å². The Bertz CT molecular complexity index is 810. The van der Waals surface area contributed by atoms with Crippen LogP contribution in [-0.2, 0) is 16.1 Å². The van der Waals surface area contributed by atoms with Crippen molar-refractivity contribution in [2.75, 3.05) is 13.2 Å². The maximum atomic E-state index is 11.8. The number of benzene rings is 2. The number of hydrogen-bond donors (Lipinski definition) is 1.